The Hall–Kier alpha value is -1.17. The second-order valence-electron chi connectivity index (χ2n) is 5.19. The van der Waals surface area contributed by atoms with Gasteiger partial charge in [-0.2, -0.15) is 0 Å². The fourth-order valence-corrected chi connectivity index (χ4v) is 2.49. The summed E-state index contributed by atoms with van der Waals surface area (Å²) in [6.45, 7) is 1.48. The second-order valence-corrected chi connectivity index (χ2v) is 6.01. The molecule has 2 aromatic rings. The molecule has 0 amide bonds. The van der Waals surface area contributed by atoms with E-state index in [-0.39, 0.29) is 0 Å². The fourth-order valence-electron chi connectivity index (χ4n) is 2.17. The summed E-state index contributed by atoms with van der Waals surface area (Å²) in [5.41, 5.74) is 1.12. The number of aromatic nitrogens is 4. The van der Waals surface area contributed by atoms with Crippen LogP contribution in [0.15, 0.2) is 18.2 Å². The molecule has 1 aliphatic rings. The van der Waals surface area contributed by atoms with E-state index in [0.29, 0.717) is 22.6 Å². The molecule has 20 heavy (non-hydrogen) atoms. The molecule has 3 rings (SSSR count). The van der Waals surface area contributed by atoms with Crippen molar-refractivity contribution in [1.82, 2.24) is 25.1 Å². The van der Waals surface area contributed by atoms with Crippen LogP contribution in [0.3, 0.4) is 0 Å². The Bertz CT molecular complexity index is 609. The normalized spacial score (nSPS) is 15.0. The first-order valence-electron chi connectivity index (χ1n) is 6.52. The van der Waals surface area contributed by atoms with Crippen LogP contribution < -0.4 is 0 Å². The Morgan fingerprint density at radius 2 is 2.05 bits per heavy atom. The predicted octanol–water partition coefficient (Wildman–Crippen LogP) is 2.95. The van der Waals surface area contributed by atoms with E-state index in [1.165, 1.54) is 12.8 Å². The van der Waals surface area contributed by atoms with Gasteiger partial charge in [-0.3, -0.25) is 4.90 Å². The number of hydrogen-bond donors (Lipinski definition) is 0. The number of tetrazole rings is 1. The summed E-state index contributed by atoms with van der Waals surface area (Å²) in [4.78, 5) is 2.16. The van der Waals surface area contributed by atoms with Crippen LogP contribution in [-0.2, 0) is 13.1 Å². The average Bonchev–Trinajstić information content (AvgIpc) is 3.15. The molecule has 7 heteroatoms. The molecule has 0 bridgehead atoms. The minimum atomic E-state index is 0.498. The highest BCUT2D eigenvalue weighted by Gasteiger charge is 2.27. The van der Waals surface area contributed by atoms with Gasteiger partial charge in [0.1, 0.15) is 0 Å². The SMILES string of the molecule is CN(Cc1ccc(Cl)c(Cl)c1)Cc1nnnn1C1CC1. The van der Waals surface area contributed by atoms with Gasteiger partial charge < -0.3 is 0 Å². The maximum absolute atomic E-state index is 6.03. The largest absolute Gasteiger partial charge is 0.295 e. The Morgan fingerprint density at radius 1 is 1.25 bits per heavy atom. The maximum Gasteiger partial charge on any atom is 0.165 e. The third-order valence-electron chi connectivity index (χ3n) is 3.30. The highest BCUT2D eigenvalue weighted by Crippen LogP contribution is 2.34. The molecule has 1 saturated carbocycles. The second kappa shape index (κ2) is 5.68. The van der Waals surface area contributed by atoms with Gasteiger partial charge in [0, 0.05) is 6.54 Å². The zero-order valence-electron chi connectivity index (χ0n) is 11.1. The lowest BCUT2D eigenvalue weighted by atomic mass is 10.2. The summed E-state index contributed by atoms with van der Waals surface area (Å²) < 4.78 is 1.94. The van der Waals surface area contributed by atoms with Gasteiger partial charge in [0.25, 0.3) is 0 Å². The van der Waals surface area contributed by atoms with Crippen molar-refractivity contribution in [3.05, 3.63) is 39.6 Å². The van der Waals surface area contributed by atoms with E-state index in [1.807, 2.05) is 29.9 Å². The zero-order valence-corrected chi connectivity index (χ0v) is 12.6. The third kappa shape index (κ3) is 3.11. The molecule has 0 N–H and O–H groups in total. The van der Waals surface area contributed by atoms with Crippen LogP contribution in [0.25, 0.3) is 0 Å². The number of halogens is 2. The first-order chi connectivity index (χ1) is 9.63. The summed E-state index contributed by atoms with van der Waals surface area (Å²) >= 11 is 11.9. The summed E-state index contributed by atoms with van der Waals surface area (Å²) in [7, 11) is 2.04. The smallest absolute Gasteiger partial charge is 0.165 e. The van der Waals surface area contributed by atoms with E-state index in [0.717, 1.165) is 17.9 Å². The van der Waals surface area contributed by atoms with Gasteiger partial charge >= 0.3 is 0 Å². The summed E-state index contributed by atoms with van der Waals surface area (Å²) in [5.74, 6) is 0.912. The van der Waals surface area contributed by atoms with E-state index in [9.17, 15) is 0 Å². The van der Waals surface area contributed by atoms with Crippen LogP contribution in [0, 0.1) is 0 Å². The Kier molecular flexibility index (Phi) is 3.92. The molecular weight excluding hydrogens is 297 g/mol. The lowest BCUT2D eigenvalue weighted by molar-refractivity contribution is 0.302. The fraction of sp³-hybridized carbons (Fsp3) is 0.462. The van der Waals surface area contributed by atoms with Gasteiger partial charge in [-0.25, -0.2) is 4.68 Å². The molecule has 1 fully saturated rings. The van der Waals surface area contributed by atoms with Crippen LogP contribution in [0.4, 0.5) is 0 Å². The number of hydrogen-bond acceptors (Lipinski definition) is 4. The van der Waals surface area contributed by atoms with Crippen molar-refractivity contribution < 1.29 is 0 Å². The van der Waals surface area contributed by atoms with Crippen molar-refractivity contribution in [2.75, 3.05) is 7.05 Å². The Morgan fingerprint density at radius 3 is 2.75 bits per heavy atom. The number of benzene rings is 1. The van der Waals surface area contributed by atoms with Gasteiger partial charge in [0.15, 0.2) is 5.82 Å². The van der Waals surface area contributed by atoms with Crippen LogP contribution in [0.1, 0.15) is 30.3 Å². The molecule has 5 nitrogen and oxygen atoms in total. The first kappa shape index (κ1) is 13.8. The van der Waals surface area contributed by atoms with Gasteiger partial charge in [-0.05, 0) is 48.0 Å². The maximum atomic E-state index is 6.03. The molecular formula is C13H15Cl2N5. The zero-order chi connectivity index (χ0) is 14.1. The molecule has 106 valence electrons. The van der Waals surface area contributed by atoms with E-state index >= 15 is 0 Å². The van der Waals surface area contributed by atoms with Crippen molar-refractivity contribution in [1.29, 1.82) is 0 Å². The summed E-state index contributed by atoms with van der Waals surface area (Å²) in [6, 6.07) is 6.19. The molecule has 1 heterocycles. The first-order valence-corrected chi connectivity index (χ1v) is 7.28. The summed E-state index contributed by atoms with van der Waals surface area (Å²) in [5, 5.41) is 13.1. The molecule has 1 aliphatic carbocycles. The van der Waals surface area contributed by atoms with E-state index in [2.05, 4.69) is 20.4 Å². The molecule has 1 aromatic heterocycles. The molecule has 0 aliphatic heterocycles. The molecule has 0 saturated heterocycles. The van der Waals surface area contributed by atoms with E-state index in [1.54, 1.807) is 0 Å². The minimum Gasteiger partial charge on any atom is -0.295 e. The lowest BCUT2D eigenvalue weighted by Gasteiger charge is -2.16. The van der Waals surface area contributed by atoms with Crippen LogP contribution in [0.5, 0.6) is 0 Å². The van der Waals surface area contributed by atoms with Crippen molar-refractivity contribution in [2.45, 2.75) is 32.0 Å². The van der Waals surface area contributed by atoms with Gasteiger partial charge in [-0.15, -0.1) is 5.10 Å². The minimum absolute atomic E-state index is 0.498. The monoisotopic (exact) mass is 311 g/mol. The molecule has 0 radical (unpaired) electrons. The van der Waals surface area contributed by atoms with E-state index in [4.69, 9.17) is 23.2 Å². The quantitative estimate of drug-likeness (QED) is 0.851. The van der Waals surface area contributed by atoms with E-state index < -0.39 is 0 Å². The molecule has 1 aromatic carbocycles. The Balaban J connectivity index is 1.65. The molecule has 0 atom stereocenters. The van der Waals surface area contributed by atoms with Crippen LogP contribution >= 0.6 is 23.2 Å². The van der Waals surface area contributed by atoms with Crippen molar-refractivity contribution in [2.24, 2.45) is 0 Å². The highest BCUT2D eigenvalue weighted by atomic mass is 35.5. The predicted molar refractivity (Wildman–Crippen MR) is 77.7 cm³/mol. The standard InChI is InChI=1S/C13H15Cl2N5/c1-19(7-9-2-5-11(14)12(15)6-9)8-13-16-17-18-20(13)10-3-4-10/h2,5-6,10H,3-4,7-8H2,1H3. The van der Waals surface area contributed by atoms with Gasteiger partial charge in [-0.1, -0.05) is 29.3 Å². The van der Waals surface area contributed by atoms with Crippen LogP contribution in [-0.4, -0.2) is 32.2 Å². The van der Waals surface area contributed by atoms with Gasteiger partial charge in [0.2, 0.25) is 0 Å². The van der Waals surface area contributed by atoms with Crippen molar-refractivity contribution in [3.8, 4) is 0 Å². The Labute approximate surface area is 127 Å². The topological polar surface area (TPSA) is 46.8 Å². The molecule has 0 spiro atoms. The van der Waals surface area contributed by atoms with Crippen molar-refractivity contribution >= 4 is 23.2 Å². The third-order valence-corrected chi connectivity index (χ3v) is 4.04. The lowest BCUT2D eigenvalue weighted by Crippen LogP contribution is -2.20. The van der Waals surface area contributed by atoms with Gasteiger partial charge in [0.05, 0.1) is 22.6 Å². The summed E-state index contributed by atoms with van der Waals surface area (Å²) in [6.07, 6.45) is 2.35. The number of rotatable bonds is 5. The number of nitrogens with zero attached hydrogens (tertiary/aromatic N) is 5. The average molecular weight is 312 g/mol. The van der Waals surface area contributed by atoms with Crippen molar-refractivity contribution in [3.63, 3.8) is 0 Å². The highest BCUT2D eigenvalue weighted by molar-refractivity contribution is 6.42. The molecule has 0 unspecified atom stereocenters. The van der Waals surface area contributed by atoms with Crippen LogP contribution in [0.2, 0.25) is 10.0 Å².